The summed E-state index contributed by atoms with van der Waals surface area (Å²) < 4.78 is 1.94. The highest BCUT2D eigenvalue weighted by Gasteiger charge is 2.43. The summed E-state index contributed by atoms with van der Waals surface area (Å²) in [4.78, 5) is 17.3. The van der Waals surface area contributed by atoms with Crippen molar-refractivity contribution < 1.29 is 4.79 Å². The van der Waals surface area contributed by atoms with Crippen LogP contribution in [0.4, 0.5) is 0 Å². The molecule has 1 atom stereocenters. The van der Waals surface area contributed by atoms with E-state index in [9.17, 15) is 4.79 Å². The molecule has 144 valence electrons. The predicted octanol–water partition coefficient (Wildman–Crippen LogP) is 3.32. The Morgan fingerprint density at radius 2 is 2.12 bits per heavy atom. The number of hydrogen-bond acceptors (Lipinski definition) is 3. The molecule has 2 aliphatic heterocycles. The Kier molecular flexibility index (Phi) is 5.56. The van der Waals surface area contributed by atoms with Crippen LogP contribution in [0.5, 0.6) is 0 Å². The Labute approximate surface area is 158 Å². The van der Waals surface area contributed by atoms with Gasteiger partial charge in [-0.15, -0.1) is 6.58 Å². The molecule has 1 unspecified atom stereocenters. The van der Waals surface area contributed by atoms with Crippen LogP contribution in [0.2, 0.25) is 0 Å². The second-order valence-electron chi connectivity index (χ2n) is 9.48. The van der Waals surface area contributed by atoms with Crippen molar-refractivity contribution in [3.8, 4) is 0 Å². The van der Waals surface area contributed by atoms with Gasteiger partial charge in [-0.1, -0.05) is 26.8 Å². The van der Waals surface area contributed by atoms with Crippen molar-refractivity contribution >= 4 is 5.91 Å². The van der Waals surface area contributed by atoms with Crippen LogP contribution in [0.3, 0.4) is 0 Å². The van der Waals surface area contributed by atoms with E-state index in [0.29, 0.717) is 17.7 Å². The highest BCUT2D eigenvalue weighted by Crippen LogP contribution is 2.40. The second-order valence-corrected chi connectivity index (χ2v) is 9.48. The number of hydrogen-bond donors (Lipinski definition) is 0. The maximum atomic E-state index is 12.6. The fraction of sp³-hybridized carbons (Fsp3) is 0.714. The molecular formula is C21H34N4O. The van der Waals surface area contributed by atoms with Crippen LogP contribution < -0.4 is 0 Å². The van der Waals surface area contributed by atoms with E-state index in [-0.39, 0.29) is 5.41 Å². The van der Waals surface area contributed by atoms with Crippen LogP contribution in [-0.4, -0.2) is 51.7 Å². The molecule has 2 saturated heterocycles. The number of aromatic nitrogens is 2. The molecule has 1 amide bonds. The number of amides is 1. The van der Waals surface area contributed by atoms with Gasteiger partial charge in [0.15, 0.2) is 0 Å². The summed E-state index contributed by atoms with van der Waals surface area (Å²) in [6, 6.07) is 0. The highest BCUT2D eigenvalue weighted by atomic mass is 16.2. The van der Waals surface area contributed by atoms with Crippen LogP contribution in [0.15, 0.2) is 25.0 Å². The molecule has 0 bridgehead atoms. The van der Waals surface area contributed by atoms with Crippen LogP contribution in [0.1, 0.15) is 52.0 Å². The summed E-state index contributed by atoms with van der Waals surface area (Å²) in [5.41, 5.74) is 1.63. The molecule has 2 fully saturated rings. The minimum Gasteiger partial charge on any atom is -0.342 e. The Balaban J connectivity index is 1.57. The van der Waals surface area contributed by atoms with Gasteiger partial charge in [-0.2, -0.15) is 5.10 Å². The molecule has 0 N–H and O–H groups in total. The van der Waals surface area contributed by atoms with Crippen molar-refractivity contribution in [3.63, 3.8) is 0 Å². The highest BCUT2D eigenvalue weighted by molar-refractivity contribution is 5.77. The topological polar surface area (TPSA) is 41.4 Å². The second kappa shape index (κ2) is 7.55. The van der Waals surface area contributed by atoms with Crippen molar-refractivity contribution in [1.29, 1.82) is 0 Å². The molecule has 5 heteroatoms. The summed E-state index contributed by atoms with van der Waals surface area (Å²) in [5.74, 6) is 0.331. The Hall–Kier alpha value is -1.62. The number of carbonyl (C=O) groups is 1. The van der Waals surface area contributed by atoms with E-state index in [1.165, 1.54) is 18.4 Å². The van der Waals surface area contributed by atoms with Gasteiger partial charge in [-0.05, 0) is 31.2 Å². The first kappa shape index (κ1) is 19.2. The molecule has 1 aromatic rings. The first-order chi connectivity index (χ1) is 12.3. The zero-order valence-electron chi connectivity index (χ0n) is 16.7. The summed E-state index contributed by atoms with van der Waals surface area (Å²) in [5, 5.41) is 4.40. The minimum atomic E-state index is 0.0665. The number of nitrogens with zero attached hydrogens (tertiary/aromatic N) is 4. The molecule has 0 saturated carbocycles. The van der Waals surface area contributed by atoms with Gasteiger partial charge in [0.1, 0.15) is 0 Å². The molecule has 5 nitrogen and oxygen atoms in total. The van der Waals surface area contributed by atoms with Crippen molar-refractivity contribution in [2.24, 2.45) is 10.8 Å². The van der Waals surface area contributed by atoms with Crippen molar-refractivity contribution in [1.82, 2.24) is 19.6 Å². The SMILES string of the molecule is C=CCn1cc(CN2CCCC3(CCN(C(=O)CC(C)(C)C)C3)C2)cn1. The normalized spacial score (nSPS) is 24.3. The van der Waals surface area contributed by atoms with Gasteiger partial charge < -0.3 is 4.90 Å². The van der Waals surface area contributed by atoms with E-state index in [1.54, 1.807) is 0 Å². The van der Waals surface area contributed by atoms with Gasteiger partial charge in [-0.25, -0.2) is 0 Å². The lowest BCUT2D eigenvalue weighted by molar-refractivity contribution is -0.132. The first-order valence-corrected chi connectivity index (χ1v) is 9.91. The van der Waals surface area contributed by atoms with E-state index in [0.717, 1.165) is 45.7 Å². The number of piperidine rings is 1. The van der Waals surface area contributed by atoms with E-state index >= 15 is 0 Å². The molecule has 3 heterocycles. The summed E-state index contributed by atoms with van der Waals surface area (Å²) in [6.07, 6.45) is 10.2. The third kappa shape index (κ3) is 4.76. The molecule has 0 aliphatic carbocycles. The van der Waals surface area contributed by atoms with Crippen molar-refractivity contribution in [2.75, 3.05) is 26.2 Å². The Bertz CT molecular complexity index is 645. The summed E-state index contributed by atoms with van der Waals surface area (Å²) >= 11 is 0. The lowest BCUT2D eigenvalue weighted by Crippen LogP contribution is -2.45. The quantitative estimate of drug-likeness (QED) is 0.758. The zero-order valence-corrected chi connectivity index (χ0v) is 16.7. The smallest absolute Gasteiger partial charge is 0.223 e. The van der Waals surface area contributed by atoms with Gasteiger partial charge in [0, 0.05) is 49.8 Å². The molecule has 26 heavy (non-hydrogen) atoms. The van der Waals surface area contributed by atoms with Gasteiger partial charge >= 0.3 is 0 Å². The van der Waals surface area contributed by atoms with E-state index in [1.807, 2.05) is 17.0 Å². The van der Waals surface area contributed by atoms with Crippen molar-refractivity contribution in [2.45, 2.75) is 59.5 Å². The summed E-state index contributed by atoms with van der Waals surface area (Å²) in [7, 11) is 0. The third-order valence-corrected chi connectivity index (χ3v) is 5.62. The van der Waals surface area contributed by atoms with Crippen molar-refractivity contribution in [3.05, 3.63) is 30.6 Å². The van der Waals surface area contributed by atoms with Crippen LogP contribution in [0.25, 0.3) is 0 Å². The Morgan fingerprint density at radius 3 is 2.85 bits per heavy atom. The first-order valence-electron chi connectivity index (χ1n) is 9.91. The number of rotatable bonds is 5. The number of carbonyl (C=O) groups excluding carboxylic acids is 1. The van der Waals surface area contributed by atoms with Gasteiger partial charge in [0.25, 0.3) is 0 Å². The summed E-state index contributed by atoms with van der Waals surface area (Å²) in [6.45, 7) is 16.0. The molecule has 0 aromatic carbocycles. The lowest BCUT2D eigenvalue weighted by Gasteiger charge is -2.40. The fourth-order valence-electron chi connectivity index (χ4n) is 4.47. The number of allylic oxidation sites excluding steroid dienone is 1. The van der Waals surface area contributed by atoms with Gasteiger partial charge in [0.2, 0.25) is 5.91 Å². The Morgan fingerprint density at radius 1 is 1.31 bits per heavy atom. The maximum absolute atomic E-state index is 12.6. The van der Waals surface area contributed by atoms with Gasteiger partial charge in [0.05, 0.1) is 12.7 Å². The largest absolute Gasteiger partial charge is 0.342 e. The lowest BCUT2D eigenvalue weighted by atomic mass is 9.79. The predicted molar refractivity (Wildman–Crippen MR) is 105 cm³/mol. The molecule has 2 aliphatic rings. The fourth-order valence-corrected chi connectivity index (χ4v) is 4.47. The average Bonchev–Trinajstić information content (AvgIpc) is 3.14. The molecule has 1 aromatic heterocycles. The van der Waals surface area contributed by atoms with E-state index in [2.05, 4.69) is 48.4 Å². The minimum absolute atomic E-state index is 0.0665. The third-order valence-electron chi connectivity index (χ3n) is 5.62. The zero-order chi connectivity index (χ0) is 18.8. The van der Waals surface area contributed by atoms with E-state index < -0.39 is 0 Å². The monoisotopic (exact) mass is 358 g/mol. The molecule has 3 rings (SSSR count). The molecule has 0 radical (unpaired) electrons. The van der Waals surface area contributed by atoms with Crippen LogP contribution in [0, 0.1) is 10.8 Å². The number of likely N-dealkylation sites (tertiary alicyclic amines) is 2. The standard InChI is InChI=1S/C21H34N4O/c1-5-9-25-15-18(13-22-25)14-23-10-6-7-21(16-23)8-11-24(17-21)19(26)12-20(2,3)4/h5,13,15H,1,6-12,14,16-17H2,2-4H3. The van der Waals surface area contributed by atoms with Crippen LogP contribution >= 0.6 is 0 Å². The van der Waals surface area contributed by atoms with E-state index in [4.69, 9.17) is 0 Å². The van der Waals surface area contributed by atoms with Gasteiger partial charge in [-0.3, -0.25) is 14.4 Å². The molecular weight excluding hydrogens is 324 g/mol. The maximum Gasteiger partial charge on any atom is 0.223 e. The average molecular weight is 359 g/mol. The molecule has 1 spiro atoms. The van der Waals surface area contributed by atoms with Crippen LogP contribution in [-0.2, 0) is 17.9 Å².